The predicted molar refractivity (Wildman–Crippen MR) is 74.5 cm³/mol. The first-order valence-corrected chi connectivity index (χ1v) is 6.73. The average Bonchev–Trinajstić information content (AvgIpc) is 2.75. The molecule has 0 spiro atoms. The molecule has 1 aliphatic heterocycles. The Labute approximate surface area is 113 Å². The SMILES string of the molecule is Cc1cccc(OCCn2cncc2C2CNC2)c1. The highest BCUT2D eigenvalue weighted by atomic mass is 16.5. The molecular formula is C15H19N3O. The molecule has 2 aromatic rings. The summed E-state index contributed by atoms with van der Waals surface area (Å²) in [5.74, 6) is 1.55. The van der Waals surface area contributed by atoms with E-state index in [2.05, 4.69) is 33.9 Å². The molecule has 0 bridgehead atoms. The molecular weight excluding hydrogens is 238 g/mol. The van der Waals surface area contributed by atoms with Crippen LogP contribution in [-0.2, 0) is 6.54 Å². The van der Waals surface area contributed by atoms with Crippen molar-refractivity contribution in [3.63, 3.8) is 0 Å². The molecule has 0 unspecified atom stereocenters. The number of nitrogens with one attached hydrogen (secondary N) is 1. The Morgan fingerprint density at radius 3 is 3.05 bits per heavy atom. The van der Waals surface area contributed by atoms with Crippen LogP contribution in [-0.4, -0.2) is 29.2 Å². The van der Waals surface area contributed by atoms with Gasteiger partial charge in [-0.1, -0.05) is 12.1 Å². The fourth-order valence-corrected chi connectivity index (χ4v) is 2.32. The van der Waals surface area contributed by atoms with Gasteiger partial charge in [-0.05, 0) is 24.6 Å². The van der Waals surface area contributed by atoms with E-state index in [1.807, 2.05) is 24.7 Å². The van der Waals surface area contributed by atoms with Gasteiger partial charge in [-0.3, -0.25) is 0 Å². The van der Waals surface area contributed by atoms with Crippen molar-refractivity contribution in [1.82, 2.24) is 14.9 Å². The van der Waals surface area contributed by atoms with Crippen LogP contribution in [0.5, 0.6) is 5.75 Å². The molecule has 1 fully saturated rings. The zero-order chi connectivity index (χ0) is 13.1. The second-order valence-electron chi connectivity index (χ2n) is 5.03. The summed E-state index contributed by atoms with van der Waals surface area (Å²) < 4.78 is 7.98. The molecule has 1 aromatic heterocycles. The lowest BCUT2D eigenvalue weighted by atomic mass is 10.00. The number of rotatable bonds is 5. The number of hydrogen-bond donors (Lipinski definition) is 1. The van der Waals surface area contributed by atoms with E-state index >= 15 is 0 Å². The van der Waals surface area contributed by atoms with Gasteiger partial charge >= 0.3 is 0 Å². The first-order chi connectivity index (χ1) is 9.33. The van der Waals surface area contributed by atoms with Gasteiger partial charge in [0.25, 0.3) is 0 Å². The van der Waals surface area contributed by atoms with Crippen molar-refractivity contribution in [2.24, 2.45) is 0 Å². The summed E-state index contributed by atoms with van der Waals surface area (Å²) in [6.45, 7) is 5.71. The van der Waals surface area contributed by atoms with Crippen LogP contribution in [0.3, 0.4) is 0 Å². The maximum Gasteiger partial charge on any atom is 0.119 e. The van der Waals surface area contributed by atoms with Gasteiger partial charge in [0.05, 0.1) is 12.9 Å². The molecule has 4 heteroatoms. The molecule has 4 nitrogen and oxygen atoms in total. The van der Waals surface area contributed by atoms with Crippen molar-refractivity contribution >= 4 is 0 Å². The van der Waals surface area contributed by atoms with E-state index in [0.717, 1.165) is 25.4 Å². The van der Waals surface area contributed by atoms with Crippen molar-refractivity contribution in [1.29, 1.82) is 0 Å². The Bertz CT molecular complexity index is 546. The number of hydrogen-bond acceptors (Lipinski definition) is 3. The van der Waals surface area contributed by atoms with E-state index in [-0.39, 0.29) is 0 Å². The molecule has 19 heavy (non-hydrogen) atoms. The smallest absolute Gasteiger partial charge is 0.119 e. The minimum absolute atomic E-state index is 0.612. The van der Waals surface area contributed by atoms with E-state index in [1.54, 1.807) is 0 Å². The predicted octanol–water partition coefficient (Wildman–Crippen LogP) is 1.96. The third kappa shape index (κ3) is 2.79. The topological polar surface area (TPSA) is 39.1 Å². The van der Waals surface area contributed by atoms with Crippen LogP contribution < -0.4 is 10.1 Å². The maximum absolute atomic E-state index is 5.78. The van der Waals surface area contributed by atoms with Crippen LogP contribution in [0.4, 0.5) is 0 Å². The van der Waals surface area contributed by atoms with Gasteiger partial charge in [-0.25, -0.2) is 4.98 Å². The molecule has 0 atom stereocenters. The first kappa shape index (κ1) is 12.2. The standard InChI is InChI=1S/C15H19N3O/c1-12-3-2-4-14(7-12)19-6-5-18-11-17-10-15(18)13-8-16-9-13/h2-4,7,10-11,13,16H,5-6,8-9H2,1H3. The van der Waals surface area contributed by atoms with Gasteiger partial charge in [-0.15, -0.1) is 0 Å². The number of aromatic nitrogens is 2. The molecule has 0 saturated carbocycles. The zero-order valence-corrected chi connectivity index (χ0v) is 11.2. The van der Waals surface area contributed by atoms with Crippen LogP contribution in [0.15, 0.2) is 36.8 Å². The fraction of sp³-hybridized carbons (Fsp3) is 0.400. The molecule has 1 N–H and O–H groups in total. The van der Waals surface area contributed by atoms with Crippen LogP contribution in [0.1, 0.15) is 17.2 Å². The Hall–Kier alpha value is -1.81. The molecule has 1 saturated heterocycles. The first-order valence-electron chi connectivity index (χ1n) is 6.73. The monoisotopic (exact) mass is 257 g/mol. The lowest BCUT2D eigenvalue weighted by Crippen LogP contribution is -2.41. The van der Waals surface area contributed by atoms with Crippen molar-refractivity contribution in [2.75, 3.05) is 19.7 Å². The van der Waals surface area contributed by atoms with Crippen molar-refractivity contribution in [3.8, 4) is 5.75 Å². The Kier molecular flexibility index (Phi) is 3.51. The Morgan fingerprint density at radius 1 is 1.42 bits per heavy atom. The third-order valence-electron chi connectivity index (χ3n) is 3.53. The largest absolute Gasteiger partial charge is 0.492 e. The second kappa shape index (κ2) is 5.45. The van der Waals surface area contributed by atoms with Gasteiger partial charge in [0, 0.05) is 30.9 Å². The highest BCUT2D eigenvalue weighted by Crippen LogP contribution is 2.19. The normalized spacial score (nSPS) is 15.2. The van der Waals surface area contributed by atoms with Crippen LogP contribution in [0.25, 0.3) is 0 Å². The van der Waals surface area contributed by atoms with Gasteiger partial charge in [-0.2, -0.15) is 0 Å². The van der Waals surface area contributed by atoms with Crippen molar-refractivity contribution in [3.05, 3.63) is 48.0 Å². The van der Waals surface area contributed by atoms with Gasteiger partial charge in [0.15, 0.2) is 0 Å². The van der Waals surface area contributed by atoms with Gasteiger partial charge < -0.3 is 14.6 Å². The summed E-state index contributed by atoms with van der Waals surface area (Å²) in [6, 6.07) is 8.15. The van der Waals surface area contributed by atoms with Gasteiger partial charge in [0.1, 0.15) is 12.4 Å². The lowest BCUT2D eigenvalue weighted by molar-refractivity contribution is 0.292. The number of imidazole rings is 1. The lowest BCUT2D eigenvalue weighted by Gasteiger charge is -2.27. The third-order valence-corrected chi connectivity index (χ3v) is 3.53. The molecule has 100 valence electrons. The summed E-state index contributed by atoms with van der Waals surface area (Å²) in [4.78, 5) is 4.24. The second-order valence-corrected chi connectivity index (χ2v) is 5.03. The molecule has 0 aliphatic carbocycles. The van der Waals surface area contributed by atoms with Crippen LogP contribution in [0.2, 0.25) is 0 Å². The fourth-order valence-electron chi connectivity index (χ4n) is 2.32. The molecule has 0 radical (unpaired) electrons. The Morgan fingerprint density at radius 2 is 2.32 bits per heavy atom. The summed E-state index contributed by atoms with van der Waals surface area (Å²) in [6.07, 6.45) is 3.87. The molecule has 3 rings (SSSR count). The summed E-state index contributed by atoms with van der Waals surface area (Å²) >= 11 is 0. The average molecular weight is 257 g/mol. The molecule has 1 aliphatic rings. The quantitative estimate of drug-likeness (QED) is 0.890. The Balaban J connectivity index is 1.56. The van der Waals surface area contributed by atoms with Crippen molar-refractivity contribution in [2.45, 2.75) is 19.4 Å². The minimum atomic E-state index is 0.612. The molecule has 2 heterocycles. The number of benzene rings is 1. The van der Waals surface area contributed by atoms with E-state index < -0.39 is 0 Å². The van der Waals surface area contributed by atoms with E-state index in [0.29, 0.717) is 12.5 Å². The zero-order valence-electron chi connectivity index (χ0n) is 11.2. The van der Waals surface area contributed by atoms with Crippen LogP contribution >= 0.6 is 0 Å². The maximum atomic E-state index is 5.78. The molecule has 1 aromatic carbocycles. The minimum Gasteiger partial charge on any atom is -0.492 e. The molecule has 0 amide bonds. The van der Waals surface area contributed by atoms with E-state index in [1.165, 1.54) is 11.3 Å². The van der Waals surface area contributed by atoms with Crippen LogP contribution in [0, 0.1) is 6.92 Å². The highest BCUT2D eigenvalue weighted by Gasteiger charge is 2.22. The number of ether oxygens (including phenoxy) is 1. The van der Waals surface area contributed by atoms with E-state index in [9.17, 15) is 0 Å². The summed E-state index contributed by atoms with van der Waals surface area (Å²) in [5, 5.41) is 3.29. The van der Waals surface area contributed by atoms with E-state index in [4.69, 9.17) is 4.74 Å². The van der Waals surface area contributed by atoms with Crippen molar-refractivity contribution < 1.29 is 4.74 Å². The van der Waals surface area contributed by atoms with Gasteiger partial charge in [0.2, 0.25) is 0 Å². The number of aryl methyl sites for hydroxylation is 1. The summed E-state index contributed by atoms with van der Waals surface area (Å²) in [5.41, 5.74) is 2.54. The number of nitrogens with zero attached hydrogens (tertiary/aromatic N) is 2. The highest BCUT2D eigenvalue weighted by molar-refractivity contribution is 5.27. The summed E-state index contributed by atoms with van der Waals surface area (Å²) in [7, 11) is 0.